The summed E-state index contributed by atoms with van der Waals surface area (Å²) in [7, 11) is 0. The normalized spacial score (nSPS) is 13.7. The summed E-state index contributed by atoms with van der Waals surface area (Å²) in [6.07, 6.45) is 2.54. The summed E-state index contributed by atoms with van der Waals surface area (Å²) in [4.78, 5) is 59.6. The Bertz CT molecular complexity index is 1520. The van der Waals surface area contributed by atoms with Crippen LogP contribution in [-0.4, -0.2) is 75.6 Å². The number of carboxylic acid groups (broad SMARTS) is 1. The molecule has 4 unspecified atom stereocenters. The van der Waals surface area contributed by atoms with Crippen LogP contribution in [0.3, 0.4) is 0 Å². The molecule has 0 saturated carbocycles. The van der Waals surface area contributed by atoms with Crippen LogP contribution in [0.15, 0.2) is 59.7 Å². The molecule has 248 valence electrons. The number of phenols is 1. The van der Waals surface area contributed by atoms with E-state index in [0.717, 1.165) is 16.5 Å². The minimum Gasteiger partial charge on any atom is -0.508 e. The highest BCUT2D eigenvalue weighted by Gasteiger charge is 2.31. The predicted octanol–water partition coefficient (Wildman–Crippen LogP) is 0.625. The van der Waals surface area contributed by atoms with Crippen LogP contribution in [0.1, 0.15) is 44.2 Å². The molecule has 14 nitrogen and oxygen atoms in total. The average Bonchev–Trinajstić information content (AvgIpc) is 3.41. The lowest BCUT2D eigenvalue weighted by Crippen LogP contribution is -2.57. The van der Waals surface area contributed by atoms with E-state index >= 15 is 0 Å². The Morgan fingerprint density at radius 2 is 1.50 bits per heavy atom. The van der Waals surface area contributed by atoms with Crippen LogP contribution in [-0.2, 0) is 32.0 Å². The molecule has 0 aliphatic heterocycles. The number of aliphatic imine (C=N–C) groups is 1. The van der Waals surface area contributed by atoms with E-state index < -0.39 is 47.9 Å². The number of nitrogens with zero attached hydrogens (tertiary/aromatic N) is 1. The summed E-state index contributed by atoms with van der Waals surface area (Å²) in [5.74, 6) is -3.16. The van der Waals surface area contributed by atoms with Gasteiger partial charge in [-0.1, -0.05) is 44.2 Å². The number of amides is 3. The van der Waals surface area contributed by atoms with Crippen LogP contribution >= 0.6 is 0 Å². The number of para-hydroxylation sites is 1. The number of hydrogen-bond donors (Lipinski definition) is 9. The second-order valence-corrected chi connectivity index (χ2v) is 11.6. The third-order valence-electron chi connectivity index (χ3n) is 7.36. The summed E-state index contributed by atoms with van der Waals surface area (Å²) in [5.41, 5.74) is 19.2. The van der Waals surface area contributed by atoms with E-state index in [1.807, 2.05) is 38.1 Å². The van der Waals surface area contributed by atoms with Gasteiger partial charge < -0.3 is 48.3 Å². The van der Waals surface area contributed by atoms with Gasteiger partial charge >= 0.3 is 5.97 Å². The Balaban J connectivity index is 1.85. The number of nitrogens with two attached hydrogens (primary N) is 3. The van der Waals surface area contributed by atoms with Gasteiger partial charge in [0.15, 0.2) is 5.96 Å². The number of guanidine groups is 1. The molecule has 0 spiro atoms. The van der Waals surface area contributed by atoms with Crippen LogP contribution in [0.25, 0.3) is 10.9 Å². The zero-order valence-electron chi connectivity index (χ0n) is 26.0. The Kier molecular flexibility index (Phi) is 12.9. The first-order valence-corrected chi connectivity index (χ1v) is 15.1. The van der Waals surface area contributed by atoms with Gasteiger partial charge in [0.2, 0.25) is 17.7 Å². The van der Waals surface area contributed by atoms with Crippen molar-refractivity contribution in [3.63, 3.8) is 0 Å². The number of H-pyrrole nitrogens is 1. The molecule has 46 heavy (non-hydrogen) atoms. The Hall–Kier alpha value is -5.11. The zero-order chi connectivity index (χ0) is 33.8. The van der Waals surface area contributed by atoms with Crippen molar-refractivity contribution in [2.45, 2.75) is 70.1 Å². The monoisotopic (exact) mass is 636 g/mol. The molecular weight excluding hydrogens is 592 g/mol. The summed E-state index contributed by atoms with van der Waals surface area (Å²) in [6, 6.07) is 8.97. The molecule has 3 rings (SSSR count). The van der Waals surface area contributed by atoms with Gasteiger partial charge in [-0.25, -0.2) is 4.79 Å². The first-order chi connectivity index (χ1) is 21.8. The van der Waals surface area contributed by atoms with Gasteiger partial charge in [-0.2, -0.15) is 0 Å². The van der Waals surface area contributed by atoms with Crippen LogP contribution in [0.2, 0.25) is 0 Å². The van der Waals surface area contributed by atoms with Gasteiger partial charge in [-0.15, -0.1) is 0 Å². The number of phenolic OH excluding ortho intramolecular Hbond substituents is 1. The molecule has 0 radical (unpaired) electrons. The van der Waals surface area contributed by atoms with Crippen molar-refractivity contribution in [2.24, 2.45) is 28.1 Å². The summed E-state index contributed by atoms with van der Waals surface area (Å²) in [6.45, 7) is 4.03. The summed E-state index contributed by atoms with van der Waals surface area (Å²) >= 11 is 0. The van der Waals surface area contributed by atoms with Gasteiger partial charge in [-0.05, 0) is 54.5 Å². The molecule has 3 amide bonds. The molecule has 0 bridgehead atoms. The molecule has 3 aromatic rings. The predicted molar refractivity (Wildman–Crippen MR) is 175 cm³/mol. The summed E-state index contributed by atoms with van der Waals surface area (Å²) in [5, 5.41) is 28.3. The number of aromatic amines is 1. The topological polar surface area (TPSA) is 251 Å². The molecule has 1 heterocycles. The highest BCUT2D eigenvalue weighted by Crippen LogP contribution is 2.20. The Labute approximate surface area is 267 Å². The molecule has 1 aromatic heterocycles. The highest BCUT2D eigenvalue weighted by atomic mass is 16.4. The number of carbonyl (C=O) groups is 4. The minimum atomic E-state index is -1.33. The van der Waals surface area contributed by atoms with Crippen molar-refractivity contribution in [2.75, 3.05) is 6.54 Å². The molecule has 14 heteroatoms. The number of nitrogens with one attached hydrogen (secondary N) is 4. The second kappa shape index (κ2) is 16.8. The van der Waals surface area contributed by atoms with Crippen LogP contribution in [0, 0.1) is 5.92 Å². The molecule has 0 aliphatic rings. The highest BCUT2D eigenvalue weighted by molar-refractivity contribution is 5.95. The molecule has 0 fully saturated rings. The first-order valence-electron chi connectivity index (χ1n) is 15.1. The number of aliphatic carboxylic acids is 1. The average molecular weight is 637 g/mol. The fourth-order valence-corrected chi connectivity index (χ4v) is 5.01. The third-order valence-corrected chi connectivity index (χ3v) is 7.36. The van der Waals surface area contributed by atoms with Crippen molar-refractivity contribution in [3.05, 3.63) is 65.9 Å². The molecule has 2 aromatic carbocycles. The molecular formula is C32H44N8O6. The van der Waals surface area contributed by atoms with Crippen molar-refractivity contribution >= 4 is 40.6 Å². The third kappa shape index (κ3) is 10.8. The summed E-state index contributed by atoms with van der Waals surface area (Å²) < 4.78 is 0. The lowest BCUT2D eigenvalue weighted by Gasteiger charge is -2.25. The lowest BCUT2D eigenvalue weighted by molar-refractivity contribution is -0.142. The molecule has 0 saturated heterocycles. The zero-order valence-corrected chi connectivity index (χ0v) is 26.0. The van der Waals surface area contributed by atoms with E-state index in [9.17, 15) is 29.4 Å². The van der Waals surface area contributed by atoms with Crippen molar-refractivity contribution in [1.29, 1.82) is 0 Å². The van der Waals surface area contributed by atoms with E-state index in [2.05, 4.69) is 25.9 Å². The Morgan fingerprint density at radius 1 is 0.870 bits per heavy atom. The van der Waals surface area contributed by atoms with E-state index in [1.54, 1.807) is 18.3 Å². The lowest BCUT2D eigenvalue weighted by atomic mass is 10.0. The number of carbonyl (C=O) groups excluding carboxylic acids is 3. The fraction of sp³-hybridized carbons (Fsp3) is 0.406. The largest absolute Gasteiger partial charge is 0.508 e. The maximum absolute atomic E-state index is 13.8. The van der Waals surface area contributed by atoms with E-state index in [-0.39, 0.29) is 49.9 Å². The number of rotatable bonds is 17. The number of carboxylic acids is 1. The SMILES string of the molecule is CC(C)CC(N)C(=O)NC(Cc1c[nH]c2ccccc12)C(=O)NC(CCCN=C(N)N)C(=O)NC(Cc1ccc(O)cc1)C(=O)O. The maximum Gasteiger partial charge on any atom is 0.326 e. The van der Waals surface area contributed by atoms with E-state index in [0.29, 0.717) is 12.0 Å². The van der Waals surface area contributed by atoms with Gasteiger partial charge in [-0.3, -0.25) is 19.4 Å². The quantitative estimate of drug-likeness (QED) is 0.0571. The van der Waals surface area contributed by atoms with E-state index in [4.69, 9.17) is 17.2 Å². The first kappa shape index (κ1) is 35.4. The van der Waals surface area contributed by atoms with Crippen LogP contribution in [0.4, 0.5) is 0 Å². The second-order valence-electron chi connectivity index (χ2n) is 11.6. The van der Waals surface area contributed by atoms with Crippen LogP contribution in [0.5, 0.6) is 5.75 Å². The van der Waals surface area contributed by atoms with Gasteiger partial charge in [0.05, 0.1) is 6.04 Å². The number of aromatic hydroxyl groups is 1. The van der Waals surface area contributed by atoms with Crippen molar-refractivity contribution in [3.8, 4) is 5.75 Å². The van der Waals surface area contributed by atoms with Gasteiger partial charge in [0.1, 0.15) is 23.9 Å². The standard InChI is InChI=1S/C32H44N8O6/c1-18(2)14-23(33)28(42)39-26(16-20-17-37-24-7-4-3-6-22(20)24)30(44)38-25(8-5-13-36-32(34)35)29(43)40-27(31(45)46)15-19-9-11-21(41)12-10-19/h3-4,6-7,9-12,17-18,23,25-27,37,41H,5,8,13-16,33H2,1-2H3,(H,38,44)(H,39,42)(H,40,43)(H,45,46)(H4,34,35,36). The number of aromatic nitrogens is 1. The molecule has 12 N–H and O–H groups in total. The number of fused-ring (bicyclic) bond motifs is 1. The smallest absolute Gasteiger partial charge is 0.326 e. The van der Waals surface area contributed by atoms with Crippen molar-refractivity contribution in [1.82, 2.24) is 20.9 Å². The molecule has 0 aliphatic carbocycles. The molecule has 4 atom stereocenters. The van der Waals surface area contributed by atoms with E-state index in [1.165, 1.54) is 12.1 Å². The van der Waals surface area contributed by atoms with Crippen LogP contribution < -0.4 is 33.2 Å². The van der Waals surface area contributed by atoms with Gasteiger partial charge in [0, 0.05) is 36.5 Å². The number of hydrogen-bond acceptors (Lipinski definition) is 7. The van der Waals surface area contributed by atoms with Crippen molar-refractivity contribution < 1.29 is 29.4 Å². The number of benzene rings is 2. The fourth-order valence-electron chi connectivity index (χ4n) is 5.01. The maximum atomic E-state index is 13.8. The minimum absolute atomic E-state index is 0.0163. The van der Waals surface area contributed by atoms with Gasteiger partial charge in [0.25, 0.3) is 0 Å². The Morgan fingerprint density at radius 3 is 2.15 bits per heavy atom.